The first-order chi connectivity index (χ1) is 8.11. The number of carbonyl (C=O) groups is 1. The second-order valence-electron chi connectivity index (χ2n) is 4.31. The SMILES string of the molecule is CN(C)Cc1cccc(NC(=O)CCCO)c1. The van der Waals surface area contributed by atoms with Gasteiger partial charge in [0.1, 0.15) is 0 Å². The molecule has 0 saturated heterocycles. The summed E-state index contributed by atoms with van der Waals surface area (Å²) in [4.78, 5) is 13.5. The van der Waals surface area contributed by atoms with Gasteiger partial charge in [0, 0.05) is 25.3 Å². The number of aliphatic hydroxyl groups is 1. The van der Waals surface area contributed by atoms with Crippen LogP contribution in [0.1, 0.15) is 18.4 Å². The highest BCUT2D eigenvalue weighted by molar-refractivity contribution is 5.90. The van der Waals surface area contributed by atoms with Gasteiger partial charge in [0.15, 0.2) is 0 Å². The minimum Gasteiger partial charge on any atom is -0.396 e. The Bertz CT molecular complexity index is 364. The van der Waals surface area contributed by atoms with E-state index in [-0.39, 0.29) is 12.5 Å². The van der Waals surface area contributed by atoms with Gasteiger partial charge in [0.05, 0.1) is 0 Å². The minimum absolute atomic E-state index is 0.0497. The number of amides is 1. The zero-order valence-corrected chi connectivity index (χ0v) is 10.4. The summed E-state index contributed by atoms with van der Waals surface area (Å²) in [7, 11) is 4.01. The van der Waals surface area contributed by atoms with Gasteiger partial charge in [-0.05, 0) is 38.2 Å². The molecule has 0 radical (unpaired) electrons. The fourth-order valence-electron chi connectivity index (χ4n) is 1.58. The second kappa shape index (κ2) is 7.04. The van der Waals surface area contributed by atoms with Gasteiger partial charge >= 0.3 is 0 Å². The topological polar surface area (TPSA) is 52.6 Å². The number of nitrogens with zero attached hydrogens (tertiary/aromatic N) is 1. The molecule has 2 N–H and O–H groups in total. The quantitative estimate of drug-likeness (QED) is 0.786. The lowest BCUT2D eigenvalue weighted by atomic mass is 10.2. The van der Waals surface area contributed by atoms with Gasteiger partial charge in [0.25, 0.3) is 0 Å². The van der Waals surface area contributed by atoms with Crippen molar-refractivity contribution in [3.63, 3.8) is 0 Å². The summed E-state index contributed by atoms with van der Waals surface area (Å²) >= 11 is 0. The maximum atomic E-state index is 11.5. The van der Waals surface area contributed by atoms with E-state index in [9.17, 15) is 4.79 Å². The van der Waals surface area contributed by atoms with E-state index in [1.165, 1.54) is 0 Å². The van der Waals surface area contributed by atoms with Crippen LogP contribution in [0.15, 0.2) is 24.3 Å². The molecule has 4 heteroatoms. The minimum atomic E-state index is -0.0546. The fourth-order valence-corrected chi connectivity index (χ4v) is 1.58. The van der Waals surface area contributed by atoms with Crippen LogP contribution in [-0.2, 0) is 11.3 Å². The Morgan fingerprint density at radius 2 is 2.18 bits per heavy atom. The average molecular weight is 236 g/mol. The zero-order valence-electron chi connectivity index (χ0n) is 10.4. The molecule has 94 valence electrons. The van der Waals surface area contributed by atoms with Crippen LogP contribution in [0.2, 0.25) is 0 Å². The molecule has 0 saturated carbocycles. The molecule has 1 aromatic rings. The van der Waals surface area contributed by atoms with Gasteiger partial charge in [-0.3, -0.25) is 4.79 Å². The molecular weight excluding hydrogens is 216 g/mol. The molecule has 1 rings (SSSR count). The number of anilines is 1. The Kier molecular flexibility index (Phi) is 5.66. The highest BCUT2D eigenvalue weighted by Gasteiger charge is 2.02. The number of aliphatic hydroxyl groups excluding tert-OH is 1. The van der Waals surface area contributed by atoms with Crippen LogP contribution in [0.25, 0.3) is 0 Å². The Morgan fingerprint density at radius 1 is 1.41 bits per heavy atom. The van der Waals surface area contributed by atoms with Gasteiger partial charge in [-0.2, -0.15) is 0 Å². The summed E-state index contributed by atoms with van der Waals surface area (Å²) in [6.45, 7) is 0.897. The number of rotatable bonds is 6. The Morgan fingerprint density at radius 3 is 2.82 bits per heavy atom. The van der Waals surface area contributed by atoms with Gasteiger partial charge in [-0.1, -0.05) is 12.1 Å². The highest BCUT2D eigenvalue weighted by Crippen LogP contribution is 2.12. The van der Waals surface area contributed by atoms with Crippen molar-refractivity contribution in [3.8, 4) is 0 Å². The summed E-state index contributed by atoms with van der Waals surface area (Å²) in [6, 6.07) is 7.80. The standard InChI is InChI=1S/C13H20N2O2/c1-15(2)10-11-5-3-6-12(9-11)14-13(17)7-4-8-16/h3,5-6,9,16H,4,7-8,10H2,1-2H3,(H,14,17). The average Bonchev–Trinajstić information content (AvgIpc) is 2.26. The van der Waals surface area contributed by atoms with Crippen molar-refractivity contribution in [1.82, 2.24) is 4.90 Å². The smallest absolute Gasteiger partial charge is 0.224 e. The summed E-state index contributed by atoms with van der Waals surface area (Å²) in [6.07, 6.45) is 0.859. The van der Waals surface area contributed by atoms with E-state index in [0.29, 0.717) is 12.8 Å². The first-order valence-electron chi connectivity index (χ1n) is 5.76. The van der Waals surface area contributed by atoms with E-state index in [1.54, 1.807) is 0 Å². The lowest BCUT2D eigenvalue weighted by Gasteiger charge is -2.11. The third kappa shape index (κ3) is 5.47. The lowest BCUT2D eigenvalue weighted by Crippen LogP contribution is -2.13. The molecule has 0 aromatic heterocycles. The molecule has 0 atom stereocenters. The molecular formula is C13H20N2O2. The maximum absolute atomic E-state index is 11.5. The van der Waals surface area contributed by atoms with Crippen LogP contribution >= 0.6 is 0 Å². The Labute approximate surface area is 102 Å². The van der Waals surface area contributed by atoms with Crippen LogP contribution in [0.4, 0.5) is 5.69 Å². The van der Waals surface area contributed by atoms with Gasteiger partial charge in [0.2, 0.25) is 5.91 Å². The molecule has 0 aliphatic heterocycles. The van der Waals surface area contributed by atoms with Crippen molar-refractivity contribution in [3.05, 3.63) is 29.8 Å². The van der Waals surface area contributed by atoms with Crippen molar-refractivity contribution in [2.75, 3.05) is 26.0 Å². The Balaban J connectivity index is 2.56. The molecule has 1 amide bonds. The fraction of sp³-hybridized carbons (Fsp3) is 0.462. The largest absolute Gasteiger partial charge is 0.396 e. The monoisotopic (exact) mass is 236 g/mol. The number of hydrogen-bond donors (Lipinski definition) is 2. The first kappa shape index (κ1) is 13.7. The molecule has 0 spiro atoms. The van der Waals surface area contributed by atoms with Crippen LogP contribution in [0, 0.1) is 0 Å². The van der Waals surface area contributed by atoms with Gasteiger partial charge in [-0.15, -0.1) is 0 Å². The molecule has 0 aliphatic carbocycles. The highest BCUT2D eigenvalue weighted by atomic mass is 16.3. The van der Waals surface area contributed by atoms with Crippen LogP contribution in [0.3, 0.4) is 0 Å². The number of benzene rings is 1. The maximum Gasteiger partial charge on any atom is 0.224 e. The van der Waals surface area contributed by atoms with Gasteiger partial charge < -0.3 is 15.3 Å². The van der Waals surface area contributed by atoms with E-state index in [1.807, 2.05) is 38.4 Å². The van der Waals surface area contributed by atoms with E-state index in [4.69, 9.17) is 5.11 Å². The molecule has 0 aliphatic rings. The molecule has 4 nitrogen and oxygen atoms in total. The van der Waals surface area contributed by atoms with Gasteiger partial charge in [-0.25, -0.2) is 0 Å². The van der Waals surface area contributed by atoms with Crippen molar-refractivity contribution >= 4 is 11.6 Å². The predicted molar refractivity (Wildman–Crippen MR) is 68.8 cm³/mol. The summed E-state index contributed by atoms with van der Waals surface area (Å²) < 4.78 is 0. The van der Waals surface area contributed by atoms with E-state index < -0.39 is 0 Å². The number of carbonyl (C=O) groups excluding carboxylic acids is 1. The number of nitrogens with one attached hydrogen (secondary N) is 1. The third-order valence-electron chi connectivity index (χ3n) is 2.27. The van der Waals surface area contributed by atoms with Crippen LogP contribution < -0.4 is 5.32 Å². The summed E-state index contributed by atoms with van der Waals surface area (Å²) in [5, 5.41) is 11.5. The van der Waals surface area contributed by atoms with Crippen molar-refractivity contribution in [2.45, 2.75) is 19.4 Å². The van der Waals surface area contributed by atoms with E-state index in [0.717, 1.165) is 17.8 Å². The van der Waals surface area contributed by atoms with E-state index in [2.05, 4.69) is 10.2 Å². The zero-order chi connectivity index (χ0) is 12.7. The molecule has 0 bridgehead atoms. The molecule has 0 fully saturated rings. The molecule has 0 unspecified atom stereocenters. The lowest BCUT2D eigenvalue weighted by molar-refractivity contribution is -0.116. The van der Waals surface area contributed by atoms with Crippen LogP contribution in [0.5, 0.6) is 0 Å². The first-order valence-corrected chi connectivity index (χ1v) is 5.76. The van der Waals surface area contributed by atoms with Crippen molar-refractivity contribution in [2.24, 2.45) is 0 Å². The second-order valence-corrected chi connectivity index (χ2v) is 4.31. The summed E-state index contributed by atoms with van der Waals surface area (Å²) in [5.74, 6) is -0.0546. The predicted octanol–water partition coefficient (Wildman–Crippen LogP) is 1.46. The third-order valence-corrected chi connectivity index (χ3v) is 2.27. The van der Waals surface area contributed by atoms with Crippen molar-refractivity contribution < 1.29 is 9.90 Å². The van der Waals surface area contributed by atoms with Crippen molar-refractivity contribution in [1.29, 1.82) is 0 Å². The molecule has 0 heterocycles. The number of hydrogen-bond acceptors (Lipinski definition) is 3. The summed E-state index contributed by atoms with van der Waals surface area (Å²) in [5.41, 5.74) is 1.97. The van der Waals surface area contributed by atoms with E-state index >= 15 is 0 Å². The normalized spacial score (nSPS) is 10.6. The molecule has 17 heavy (non-hydrogen) atoms. The van der Waals surface area contributed by atoms with Crippen LogP contribution in [-0.4, -0.2) is 36.6 Å². The Hall–Kier alpha value is -1.39. The molecule has 1 aromatic carbocycles.